The summed E-state index contributed by atoms with van der Waals surface area (Å²) in [6.07, 6.45) is 6.76. The van der Waals surface area contributed by atoms with Gasteiger partial charge in [0.2, 0.25) is 0 Å². The van der Waals surface area contributed by atoms with Crippen molar-refractivity contribution in [1.82, 2.24) is 4.90 Å². The summed E-state index contributed by atoms with van der Waals surface area (Å²) in [7, 11) is 0. The minimum atomic E-state index is 0.109. The van der Waals surface area contributed by atoms with Crippen molar-refractivity contribution in [2.75, 3.05) is 42.5 Å². The van der Waals surface area contributed by atoms with Crippen LogP contribution in [-0.4, -0.2) is 55.4 Å². The average Bonchev–Trinajstić information content (AvgIpc) is 3.23. The van der Waals surface area contributed by atoms with E-state index in [1.165, 1.54) is 5.69 Å². The molecular weight excluding hydrogens is 496 g/mol. The monoisotopic (exact) mass is 530 g/mol. The lowest BCUT2D eigenvalue weighted by molar-refractivity contribution is -0.135. The van der Waals surface area contributed by atoms with E-state index in [0.29, 0.717) is 40.7 Å². The maximum absolute atomic E-state index is 13.1. The van der Waals surface area contributed by atoms with Crippen molar-refractivity contribution < 1.29 is 9.59 Å². The van der Waals surface area contributed by atoms with Crippen molar-refractivity contribution in [3.63, 3.8) is 0 Å². The van der Waals surface area contributed by atoms with Crippen LogP contribution in [0.3, 0.4) is 0 Å². The normalized spacial score (nSPS) is 24.0. The quantitative estimate of drug-likeness (QED) is 0.510. The van der Waals surface area contributed by atoms with Crippen molar-refractivity contribution in [2.24, 2.45) is 10.8 Å². The smallest absolute Gasteiger partial charge is 0.253 e. The molecule has 0 radical (unpaired) electrons. The summed E-state index contributed by atoms with van der Waals surface area (Å²) in [5, 5.41) is 9.72. The van der Waals surface area contributed by atoms with Gasteiger partial charge in [-0.2, -0.15) is 5.26 Å². The highest BCUT2D eigenvalue weighted by Crippen LogP contribution is 2.47. The third-order valence-electron chi connectivity index (χ3n) is 9.73. The zero-order chi connectivity index (χ0) is 26.5. The topological polar surface area (TPSA) is 67.7 Å². The Labute approximate surface area is 230 Å². The van der Waals surface area contributed by atoms with Gasteiger partial charge in [0.1, 0.15) is 11.9 Å². The van der Waals surface area contributed by atoms with Gasteiger partial charge in [0.25, 0.3) is 5.91 Å². The van der Waals surface area contributed by atoms with Crippen LogP contribution in [0.2, 0.25) is 5.02 Å². The standard InChI is InChI=1S/C31H35ClN4O2/c1-22-17-31(21-36(22)26-7-4-24(20-33)28(32)16-26)10-12-34(13-11-31)25-5-2-23(3-6-25)29(38)35-14-8-30(9-15-35)18-27(37)19-30/h2-7,16,22H,8-15,17-19,21H2,1H3/t22-/m1/s1. The molecular formula is C31H35ClN4O2. The molecule has 0 aromatic heterocycles. The van der Waals surface area contributed by atoms with E-state index in [0.717, 1.165) is 76.1 Å². The molecule has 1 amide bonds. The third-order valence-corrected chi connectivity index (χ3v) is 10.0. The molecule has 1 atom stereocenters. The van der Waals surface area contributed by atoms with Crippen LogP contribution in [0, 0.1) is 22.2 Å². The Hall–Kier alpha value is -3.04. The molecule has 3 aliphatic heterocycles. The number of Topliss-reactive ketones (excluding diaryl/α,β-unsaturated/α-hetero) is 1. The zero-order valence-corrected chi connectivity index (χ0v) is 22.8. The number of benzene rings is 2. The Morgan fingerprint density at radius 2 is 1.58 bits per heavy atom. The largest absolute Gasteiger partial charge is 0.371 e. The van der Waals surface area contributed by atoms with Crippen LogP contribution in [0.25, 0.3) is 0 Å². The van der Waals surface area contributed by atoms with Crippen molar-refractivity contribution in [3.8, 4) is 6.07 Å². The Balaban J connectivity index is 1.05. The number of carbonyl (C=O) groups is 2. The van der Waals surface area contributed by atoms with E-state index in [9.17, 15) is 14.9 Å². The molecule has 0 bridgehead atoms. The summed E-state index contributed by atoms with van der Waals surface area (Å²) < 4.78 is 0. The van der Waals surface area contributed by atoms with Crippen LogP contribution in [0.4, 0.5) is 11.4 Å². The first kappa shape index (κ1) is 25.2. The fourth-order valence-electron chi connectivity index (χ4n) is 7.36. The molecule has 1 saturated carbocycles. The van der Waals surface area contributed by atoms with Crippen molar-refractivity contribution >= 4 is 34.7 Å². The first-order valence-corrected chi connectivity index (χ1v) is 14.3. The summed E-state index contributed by atoms with van der Waals surface area (Å²) in [4.78, 5) is 31.4. The highest BCUT2D eigenvalue weighted by molar-refractivity contribution is 6.32. The number of hydrogen-bond acceptors (Lipinski definition) is 5. The molecule has 6 nitrogen and oxygen atoms in total. The maximum atomic E-state index is 13.1. The average molecular weight is 531 g/mol. The molecule has 3 saturated heterocycles. The van der Waals surface area contributed by atoms with Crippen LogP contribution >= 0.6 is 11.6 Å². The Bertz CT molecular complexity index is 1270. The van der Waals surface area contributed by atoms with Crippen LogP contribution in [0.5, 0.6) is 0 Å². The van der Waals surface area contributed by atoms with Gasteiger partial charge in [-0.1, -0.05) is 11.6 Å². The van der Waals surface area contributed by atoms with Gasteiger partial charge >= 0.3 is 0 Å². The number of ketones is 1. The number of rotatable bonds is 3. The molecule has 6 rings (SSSR count). The minimum Gasteiger partial charge on any atom is -0.371 e. The SMILES string of the molecule is C[C@@H]1CC2(CCN(c3ccc(C(=O)N4CCC5(CC4)CC(=O)C5)cc3)CC2)CN1c1ccc(C#N)c(Cl)c1. The molecule has 4 fully saturated rings. The number of piperidine rings is 2. The van der Waals surface area contributed by atoms with Crippen molar-refractivity contribution in [3.05, 3.63) is 58.6 Å². The second kappa shape index (κ2) is 9.61. The number of carbonyl (C=O) groups excluding carboxylic acids is 2. The Kier molecular flexibility index (Phi) is 6.39. The first-order valence-electron chi connectivity index (χ1n) is 13.9. The number of amides is 1. The van der Waals surface area contributed by atoms with E-state index in [-0.39, 0.29) is 11.3 Å². The number of nitriles is 1. The molecule has 4 aliphatic rings. The second-order valence-corrected chi connectivity index (χ2v) is 12.6. The van der Waals surface area contributed by atoms with E-state index in [1.807, 2.05) is 35.2 Å². The van der Waals surface area contributed by atoms with Crippen LogP contribution in [0.1, 0.15) is 67.8 Å². The lowest BCUT2D eigenvalue weighted by Gasteiger charge is -2.46. The summed E-state index contributed by atoms with van der Waals surface area (Å²) >= 11 is 6.33. The van der Waals surface area contributed by atoms with Gasteiger partial charge in [0.15, 0.2) is 0 Å². The van der Waals surface area contributed by atoms with Gasteiger partial charge in [-0.25, -0.2) is 0 Å². The molecule has 3 heterocycles. The molecule has 0 unspecified atom stereocenters. The molecule has 1 aliphatic carbocycles. The van der Waals surface area contributed by atoms with E-state index >= 15 is 0 Å². The van der Waals surface area contributed by atoms with Gasteiger partial charge in [-0.3, -0.25) is 9.59 Å². The lowest BCUT2D eigenvalue weighted by atomic mass is 9.62. The molecule has 38 heavy (non-hydrogen) atoms. The summed E-state index contributed by atoms with van der Waals surface area (Å²) in [6, 6.07) is 16.5. The van der Waals surface area contributed by atoms with Gasteiger partial charge in [-0.05, 0) is 92.3 Å². The van der Waals surface area contributed by atoms with E-state index in [1.54, 1.807) is 0 Å². The fraction of sp³-hybridized carbons (Fsp3) is 0.516. The molecule has 0 N–H and O–H groups in total. The zero-order valence-electron chi connectivity index (χ0n) is 22.1. The summed E-state index contributed by atoms with van der Waals surface area (Å²) in [5.41, 5.74) is 4.04. The second-order valence-electron chi connectivity index (χ2n) is 12.2. The van der Waals surface area contributed by atoms with Crippen molar-refractivity contribution in [1.29, 1.82) is 5.26 Å². The van der Waals surface area contributed by atoms with Gasteiger partial charge in [-0.15, -0.1) is 0 Å². The summed E-state index contributed by atoms with van der Waals surface area (Å²) in [5.74, 6) is 0.484. The molecule has 2 aromatic rings. The van der Waals surface area contributed by atoms with Gasteiger partial charge in [0.05, 0.1) is 10.6 Å². The van der Waals surface area contributed by atoms with E-state index in [2.05, 4.69) is 34.9 Å². The number of nitrogens with zero attached hydrogens (tertiary/aromatic N) is 4. The highest BCUT2D eigenvalue weighted by atomic mass is 35.5. The molecule has 2 aromatic carbocycles. The maximum Gasteiger partial charge on any atom is 0.253 e. The van der Waals surface area contributed by atoms with Crippen LogP contribution in [0.15, 0.2) is 42.5 Å². The van der Waals surface area contributed by atoms with E-state index < -0.39 is 0 Å². The molecule has 198 valence electrons. The number of halogens is 1. The fourth-order valence-corrected chi connectivity index (χ4v) is 7.58. The first-order chi connectivity index (χ1) is 18.3. The minimum absolute atomic E-state index is 0.109. The lowest BCUT2D eigenvalue weighted by Crippen LogP contribution is -2.49. The predicted octanol–water partition coefficient (Wildman–Crippen LogP) is 5.68. The molecule has 7 heteroatoms. The molecule has 2 spiro atoms. The number of likely N-dealkylation sites (tertiary alicyclic amines) is 1. The number of anilines is 2. The van der Waals surface area contributed by atoms with E-state index in [4.69, 9.17) is 11.6 Å². The summed E-state index contributed by atoms with van der Waals surface area (Å²) in [6.45, 7) is 6.84. The van der Waals surface area contributed by atoms with Gasteiger partial charge in [0, 0.05) is 68.5 Å². The van der Waals surface area contributed by atoms with Crippen LogP contribution in [-0.2, 0) is 4.79 Å². The van der Waals surface area contributed by atoms with Crippen LogP contribution < -0.4 is 9.80 Å². The predicted molar refractivity (Wildman–Crippen MR) is 150 cm³/mol. The van der Waals surface area contributed by atoms with Crippen molar-refractivity contribution in [2.45, 2.75) is 57.9 Å². The Morgan fingerprint density at radius 1 is 0.947 bits per heavy atom. The van der Waals surface area contributed by atoms with Gasteiger partial charge < -0.3 is 14.7 Å². The number of hydrogen-bond donors (Lipinski definition) is 0. The highest BCUT2D eigenvalue weighted by Gasteiger charge is 2.46. The Morgan fingerprint density at radius 3 is 2.18 bits per heavy atom. The third kappa shape index (κ3) is 4.56.